The van der Waals surface area contributed by atoms with Gasteiger partial charge in [-0.2, -0.15) is 0 Å². The predicted octanol–water partition coefficient (Wildman–Crippen LogP) is 4.20. The van der Waals surface area contributed by atoms with Gasteiger partial charge in [-0.05, 0) is 30.2 Å². The Morgan fingerprint density at radius 1 is 1.10 bits per heavy atom. The summed E-state index contributed by atoms with van der Waals surface area (Å²) in [6.07, 6.45) is -3.29. The first-order valence-electron chi connectivity index (χ1n) is 9.53. The molecule has 0 atom stereocenters. The highest BCUT2D eigenvalue weighted by Gasteiger charge is 2.32. The molecule has 1 saturated heterocycles. The maximum absolute atomic E-state index is 12.5. The summed E-state index contributed by atoms with van der Waals surface area (Å²) in [5.74, 6) is 0.330. The number of anilines is 1. The second-order valence-corrected chi connectivity index (χ2v) is 6.75. The average molecular weight is 548 g/mol. The Bertz CT molecular complexity index is 904. The highest BCUT2D eigenvalue weighted by Crippen LogP contribution is 2.26. The Labute approximate surface area is 195 Å². The molecule has 1 fully saturated rings. The van der Waals surface area contributed by atoms with Gasteiger partial charge in [0.05, 0.1) is 0 Å². The summed E-state index contributed by atoms with van der Waals surface area (Å²) in [5, 5.41) is 6.10. The molecule has 31 heavy (non-hydrogen) atoms. The van der Waals surface area contributed by atoms with E-state index in [1.54, 1.807) is 24.1 Å². The summed E-state index contributed by atoms with van der Waals surface area (Å²) in [7, 11) is 1.58. The number of carbonyl (C=O) groups is 1. The van der Waals surface area contributed by atoms with Crippen molar-refractivity contribution in [2.45, 2.75) is 32.3 Å². The highest BCUT2D eigenvalue weighted by atomic mass is 127. The molecule has 0 saturated carbocycles. The van der Waals surface area contributed by atoms with Crippen LogP contribution in [0, 0.1) is 0 Å². The van der Waals surface area contributed by atoms with Gasteiger partial charge in [-0.3, -0.25) is 9.79 Å². The third-order valence-electron chi connectivity index (χ3n) is 4.65. The van der Waals surface area contributed by atoms with Gasteiger partial charge in [0.1, 0.15) is 5.75 Å². The first-order valence-corrected chi connectivity index (χ1v) is 9.53. The summed E-state index contributed by atoms with van der Waals surface area (Å²) >= 11 is 0. The van der Waals surface area contributed by atoms with Gasteiger partial charge in [0, 0.05) is 44.4 Å². The normalized spacial score (nSPS) is 14.3. The fourth-order valence-electron chi connectivity index (χ4n) is 3.17. The fraction of sp³-hybridized carbons (Fsp3) is 0.333. The Balaban J connectivity index is 0.00000341. The van der Waals surface area contributed by atoms with E-state index < -0.39 is 6.36 Å². The molecule has 1 amide bonds. The van der Waals surface area contributed by atoms with Gasteiger partial charge < -0.3 is 20.3 Å². The molecule has 6 nitrogen and oxygen atoms in total. The number of benzene rings is 2. The molecule has 1 heterocycles. The summed E-state index contributed by atoms with van der Waals surface area (Å²) in [4.78, 5) is 17.7. The Morgan fingerprint density at radius 2 is 1.77 bits per heavy atom. The van der Waals surface area contributed by atoms with Crippen LogP contribution in [0.2, 0.25) is 0 Å². The van der Waals surface area contributed by atoms with Gasteiger partial charge >= 0.3 is 6.36 Å². The number of para-hydroxylation sites is 1. The van der Waals surface area contributed by atoms with Crippen LogP contribution < -0.4 is 20.3 Å². The lowest BCUT2D eigenvalue weighted by atomic mass is 10.2. The number of hydrogen-bond donors (Lipinski definition) is 2. The Kier molecular flexibility index (Phi) is 8.96. The van der Waals surface area contributed by atoms with Crippen LogP contribution in [-0.4, -0.2) is 31.8 Å². The largest absolute Gasteiger partial charge is 0.573 e. The van der Waals surface area contributed by atoms with E-state index in [4.69, 9.17) is 0 Å². The van der Waals surface area contributed by atoms with Crippen molar-refractivity contribution in [1.82, 2.24) is 10.6 Å². The number of ether oxygens (including phenoxy) is 1. The summed E-state index contributed by atoms with van der Waals surface area (Å²) in [6.45, 7) is 1.32. The van der Waals surface area contributed by atoms with Gasteiger partial charge in [0.15, 0.2) is 5.96 Å². The molecule has 1 aliphatic rings. The molecule has 0 aromatic heterocycles. The predicted molar refractivity (Wildman–Crippen MR) is 124 cm³/mol. The number of aliphatic imine (C=N–C) groups is 1. The maximum atomic E-state index is 12.5. The molecule has 0 aliphatic carbocycles. The number of guanidine groups is 1. The molecule has 0 bridgehead atoms. The van der Waals surface area contributed by atoms with Crippen LogP contribution in [0.3, 0.4) is 0 Å². The number of hydrogen-bond acceptors (Lipinski definition) is 3. The first-order chi connectivity index (χ1) is 14.4. The number of carbonyl (C=O) groups excluding carboxylic acids is 1. The van der Waals surface area contributed by atoms with Crippen LogP contribution in [0.1, 0.15) is 24.0 Å². The monoisotopic (exact) mass is 548 g/mol. The lowest BCUT2D eigenvalue weighted by Crippen LogP contribution is -2.36. The molecule has 0 unspecified atom stereocenters. The van der Waals surface area contributed by atoms with E-state index in [0.717, 1.165) is 24.2 Å². The third kappa shape index (κ3) is 7.30. The van der Waals surface area contributed by atoms with E-state index in [2.05, 4.69) is 20.4 Å². The molecule has 2 aromatic rings. The van der Waals surface area contributed by atoms with Crippen molar-refractivity contribution >= 4 is 41.5 Å². The van der Waals surface area contributed by atoms with Crippen molar-refractivity contribution < 1.29 is 22.7 Å². The quantitative estimate of drug-likeness (QED) is 0.323. The Morgan fingerprint density at radius 3 is 2.39 bits per heavy atom. The molecule has 2 aromatic carbocycles. The van der Waals surface area contributed by atoms with Gasteiger partial charge in [0.2, 0.25) is 5.91 Å². The second kappa shape index (κ2) is 11.2. The third-order valence-corrected chi connectivity index (χ3v) is 4.65. The Hall–Kier alpha value is -2.50. The van der Waals surface area contributed by atoms with Crippen LogP contribution in [0.4, 0.5) is 18.9 Å². The van der Waals surface area contributed by atoms with Gasteiger partial charge in [-0.25, -0.2) is 0 Å². The molecule has 3 rings (SSSR count). The van der Waals surface area contributed by atoms with E-state index >= 15 is 0 Å². The van der Waals surface area contributed by atoms with Crippen molar-refractivity contribution in [3.05, 3.63) is 59.7 Å². The summed E-state index contributed by atoms with van der Waals surface area (Å²) in [6, 6.07) is 13.6. The smallest absolute Gasteiger partial charge is 0.405 e. The van der Waals surface area contributed by atoms with Crippen molar-refractivity contribution in [3.63, 3.8) is 0 Å². The summed E-state index contributed by atoms with van der Waals surface area (Å²) in [5.41, 5.74) is 2.22. The number of halogens is 4. The van der Waals surface area contributed by atoms with Crippen molar-refractivity contribution in [1.29, 1.82) is 0 Å². The minimum atomic E-state index is -4.75. The van der Waals surface area contributed by atoms with E-state index in [1.165, 1.54) is 12.1 Å². The zero-order chi connectivity index (χ0) is 21.6. The van der Waals surface area contributed by atoms with Gasteiger partial charge in [-0.1, -0.05) is 30.3 Å². The van der Waals surface area contributed by atoms with E-state index in [1.807, 2.05) is 24.3 Å². The standard InChI is InChI=1S/C21H23F3N4O2.HI/c1-25-20(27-14-16-5-2-3-6-18(16)30-21(22,23)24)26-13-15-8-10-17(11-9-15)28-12-4-7-19(28)29;/h2-3,5-6,8-11H,4,7,12-14H2,1H3,(H2,25,26,27);1H. The lowest BCUT2D eigenvalue weighted by molar-refractivity contribution is -0.274. The number of nitrogens with one attached hydrogen (secondary N) is 2. The van der Waals surface area contributed by atoms with E-state index in [9.17, 15) is 18.0 Å². The SMILES string of the molecule is CN=C(NCc1ccc(N2CCCC2=O)cc1)NCc1ccccc1OC(F)(F)F.I. The fourth-order valence-corrected chi connectivity index (χ4v) is 3.17. The first kappa shape index (κ1) is 24.8. The van der Waals surface area contributed by atoms with Crippen LogP contribution in [0.25, 0.3) is 0 Å². The van der Waals surface area contributed by atoms with E-state index in [-0.39, 0.29) is 42.2 Å². The number of nitrogens with zero attached hydrogens (tertiary/aromatic N) is 2. The zero-order valence-corrected chi connectivity index (χ0v) is 19.2. The minimum absolute atomic E-state index is 0. The van der Waals surface area contributed by atoms with E-state index in [0.29, 0.717) is 24.5 Å². The van der Waals surface area contributed by atoms with Gasteiger partial charge in [0.25, 0.3) is 0 Å². The molecule has 0 spiro atoms. The van der Waals surface area contributed by atoms with Gasteiger partial charge in [-0.15, -0.1) is 37.1 Å². The number of amides is 1. The molecule has 10 heteroatoms. The topological polar surface area (TPSA) is 66.0 Å². The number of alkyl halides is 3. The average Bonchev–Trinajstić information content (AvgIpc) is 3.14. The highest BCUT2D eigenvalue weighted by molar-refractivity contribution is 14.0. The second-order valence-electron chi connectivity index (χ2n) is 6.75. The number of rotatable bonds is 6. The molecule has 2 N–H and O–H groups in total. The van der Waals surface area contributed by atoms with Crippen LogP contribution in [0.15, 0.2) is 53.5 Å². The molecule has 0 radical (unpaired) electrons. The molecular weight excluding hydrogens is 524 g/mol. The molecule has 1 aliphatic heterocycles. The maximum Gasteiger partial charge on any atom is 0.573 e. The zero-order valence-electron chi connectivity index (χ0n) is 16.9. The van der Waals surface area contributed by atoms with Crippen LogP contribution in [0.5, 0.6) is 5.75 Å². The summed E-state index contributed by atoms with van der Waals surface area (Å²) < 4.78 is 41.7. The van der Waals surface area contributed by atoms with Crippen molar-refractivity contribution in [2.75, 3.05) is 18.5 Å². The minimum Gasteiger partial charge on any atom is -0.405 e. The van der Waals surface area contributed by atoms with Crippen molar-refractivity contribution in [2.24, 2.45) is 4.99 Å². The molecular formula is C21H24F3IN4O2. The van der Waals surface area contributed by atoms with Crippen LogP contribution in [-0.2, 0) is 17.9 Å². The molecule has 168 valence electrons. The van der Waals surface area contributed by atoms with Crippen molar-refractivity contribution in [3.8, 4) is 5.75 Å². The lowest BCUT2D eigenvalue weighted by Gasteiger charge is -2.17. The van der Waals surface area contributed by atoms with Crippen LogP contribution >= 0.6 is 24.0 Å².